The topological polar surface area (TPSA) is 43.6 Å². The Labute approximate surface area is 137 Å². The highest BCUT2D eigenvalue weighted by Crippen LogP contribution is 2.31. The maximum atomic E-state index is 4.65. The molecule has 0 fully saturated rings. The van der Waals surface area contributed by atoms with Crippen LogP contribution in [0.4, 0.5) is 0 Å². The minimum atomic E-state index is 0.886. The maximum Gasteiger partial charge on any atom is 0.0976 e. The summed E-state index contributed by atoms with van der Waals surface area (Å²) in [4.78, 5) is 0. The Kier molecular flexibility index (Phi) is 3.99. The molecule has 0 atom stereocenters. The third-order valence-electron chi connectivity index (χ3n) is 4.16. The molecule has 4 heteroatoms. The Morgan fingerprint density at radius 1 is 0.913 bits per heavy atom. The van der Waals surface area contributed by atoms with Gasteiger partial charge in [0, 0.05) is 11.3 Å². The van der Waals surface area contributed by atoms with Crippen molar-refractivity contribution in [2.45, 2.75) is 41.0 Å². The van der Waals surface area contributed by atoms with Gasteiger partial charge in [0.2, 0.25) is 0 Å². The van der Waals surface area contributed by atoms with E-state index < -0.39 is 0 Å². The fourth-order valence-electron chi connectivity index (χ4n) is 2.97. The van der Waals surface area contributed by atoms with Crippen molar-refractivity contribution in [1.29, 1.82) is 0 Å². The van der Waals surface area contributed by atoms with Crippen LogP contribution in [0.2, 0.25) is 0 Å². The fraction of sp³-hybridized carbons (Fsp3) is 0.316. The highest BCUT2D eigenvalue weighted by molar-refractivity contribution is 5.76. The van der Waals surface area contributed by atoms with Gasteiger partial charge in [0.25, 0.3) is 0 Å². The van der Waals surface area contributed by atoms with E-state index in [0.717, 1.165) is 46.0 Å². The number of nitrogens with zero attached hydrogens (tertiary/aromatic N) is 4. The molecule has 2 heterocycles. The highest BCUT2D eigenvalue weighted by Gasteiger charge is 2.17. The molecule has 0 spiro atoms. The monoisotopic (exact) mass is 306 g/mol. The van der Waals surface area contributed by atoms with E-state index in [-0.39, 0.29) is 0 Å². The van der Waals surface area contributed by atoms with Crippen LogP contribution in [-0.4, -0.2) is 20.0 Å². The van der Waals surface area contributed by atoms with Gasteiger partial charge in [-0.05, 0) is 51.3 Å². The zero-order valence-electron chi connectivity index (χ0n) is 14.4. The summed E-state index contributed by atoms with van der Waals surface area (Å²) < 4.78 is 1.98. The smallest absolute Gasteiger partial charge is 0.0976 e. The predicted molar refractivity (Wildman–Crippen MR) is 92.9 cm³/mol. The summed E-state index contributed by atoms with van der Waals surface area (Å²) >= 11 is 0. The van der Waals surface area contributed by atoms with E-state index in [1.54, 1.807) is 0 Å². The third-order valence-corrected chi connectivity index (χ3v) is 4.16. The maximum absolute atomic E-state index is 4.65. The first kappa shape index (κ1) is 15.4. The SMILES string of the molecule is CCc1ccc(-c2c(C)nnc(C)c2-n2nc(C)cc2C)cc1. The number of hydrogen-bond acceptors (Lipinski definition) is 3. The van der Waals surface area contributed by atoms with Gasteiger partial charge in [0.1, 0.15) is 0 Å². The van der Waals surface area contributed by atoms with Gasteiger partial charge in [0.15, 0.2) is 0 Å². The van der Waals surface area contributed by atoms with Gasteiger partial charge >= 0.3 is 0 Å². The van der Waals surface area contributed by atoms with Crippen LogP contribution in [0.5, 0.6) is 0 Å². The summed E-state index contributed by atoms with van der Waals surface area (Å²) in [5.41, 5.74) is 8.52. The lowest BCUT2D eigenvalue weighted by atomic mass is 10.00. The molecule has 0 N–H and O–H groups in total. The summed E-state index contributed by atoms with van der Waals surface area (Å²) in [6.45, 7) is 10.2. The van der Waals surface area contributed by atoms with Gasteiger partial charge in [-0.25, -0.2) is 4.68 Å². The number of aromatic nitrogens is 4. The third kappa shape index (κ3) is 2.77. The van der Waals surface area contributed by atoms with Crippen LogP contribution in [0, 0.1) is 27.7 Å². The molecule has 0 unspecified atom stereocenters. The molecule has 0 bridgehead atoms. The first-order chi connectivity index (χ1) is 11.0. The summed E-state index contributed by atoms with van der Waals surface area (Å²) in [7, 11) is 0. The zero-order valence-corrected chi connectivity index (χ0v) is 14.4. The average molecular weight is 306 g/mol. The summed E-state index contributed by atoms with van der Waals surface area (Å²) in [6, 6.07) is 10.8. The number of rotatable bonds is 3. The van der Waals surface area contributed by atoms with Gasteiger partial charge in [-0.1, -0.05) is 31.2 Å². The van der Waals surface area contributed by atoms with Crippen LogP contribution in [-0.2, 0) is 6.42 Å². The Bertz CT molecular complexity index is 845. The van der Waals surface area contributed by atoms with Gasteiger partial charge in [-0.15, -0.1) is 0 Å². The molecule has 3 rings (SSSR count). The molecule has 3 aromatic rings. The lowest BCUT2D eigenvalue weighted by Crippen LogP contribution is -2.09. The van der Waals surface area contributed by atoms with Crippen LogP contribution in [0.3, 0.4) is 0 Å². The Hall–Kier alpha value is -2.49. The minimum Gasteiger partial charge on any atom is -0.235 e. The summed E-state index contributed by atoms with van der Waals surface area (Å²) in [5.74, 6) is 0. The normalized spacial score (nSPS) is 11.0. The molecule has 0 aliphatic rings. The van der Waals surface area contributed by atoms with E-state index in [1.165, 1.54) is 5.56 Å². The molecule has 2 aromatic heterocycles. The van der Waals surface area contributed by atoms with Gasteiger partial charge in [0.05, 0.1) is 22.8 Å². The van der Waals surface area contributed by atoms with Crippen LogP contribution in [0.25, 0.3) is 16.8 Å². The van der Waals surface area contributed by atoms with Gasteiger partial charge in [-0.3, -0.25) is 0 Å². The molecule has 0 amide bonds. The van der Waals surface area contributed by atoms with Crippen molar-refractivity contribution in [2.24, 2.45) is 0 Å². The molecular formula is C19H22N4. The van der Waals surface area contributed by atoms with Crippen LogP contribution in [0.15, 0.2) is 30.3 Å². The van der Waals surface area contributed by atoms with Crippen molar-refractivity contribution in [3.05, 3.63) is 58.7 Å². The van der Waals surface area contributed by atoms with Crippen molar-refractivity contribution >= 4 is 0 Å². The van der Waals surface area contributed by atoms with Gasteiger partial charge in [-0.2, -0.15) is 15.3 Å². The molecular weight excluding hydrogens is 284 g/mol. The molecule has 4 nitrogen and oxygen atoms in total. The van der Waals surface area contributed by atoms with Crippen LogP contribution < -0.4 is 0 Å². The fourth-order valence-corrected chi connectivity index (χ4v) is 2.97. The van der Waals surface area contributed by atoms with E-state index in [9.17, 15) is 0 Å². The second-order valence-electron chi connectivity index (χ2n) is 5.98. The van der Waals surface area contributed by atoms with E-state index in [0.29, 0.717) is 0 Å². The first-order valence-electron chi connectivity index (χ1n) is 7.98. The van der Waals surface area contributed by atoms with E-state index in [2.05, 4.69) is 59.5 Å². The van der Waals surface area contributed by atoms with E-state index in [1.807, 2.05) is 25.5 Å². The van der Waals surface area contributed by atoms with Crippen LogP contribution in [0.1, 0.15) is 35.3 Å². The van der Waals surface area contributed by atoms with E-state index >= 15 is 0 Å². The Morgan fingerprint density at radius 2 is 1.57 bits per heavy atom. The van der Waals surface area contributed by atoms with Crippen molar-refractivity contribution in [3.8, 4) is 16.8 Å². The molecule has 0 saturated heterocycles. The van der Waals surface area contributed by atoms with Crippen molar-refractivity contribution in [2.75, 3.05) is 0 Å². The minimum absolute atomic E-state index is 0.886. The largest absolute Gasteiger partial charge is 0.235 e. The zero-order chi connectivity index (χ0) is 16.6. The molecule has 0 aliphatic heterocycles. The highest BCUT2D eigenvalue weighted by atomic mass is 15.3. The predicted octanol–water partition coefficient (Wildman–Crippen LogP) is 4.13. The lowest BCUT2D eigenvalue weighted by Gasteiger charge is -2.15. The molecule has 0 aliphatic carbocycles. The number of hydrogen-bond donors (Lipinski definition) is 0. The molecule has 23 heavy (non-hydrogen) atoms. The molecule has 1 aromatic carbocycles. The standard InChI is InChI=1S/C19H22N4/c1-6-16-7-9-17(10-8-16)18-14(4)20-21-15(5)19(18)23-13(3)11-12(2)22-23/h7-11H,6H2,1-5H3. The number of aryl methyl sites for hydroxylation is 5. The summed E-state index contributed by atoms with van der Waals surface area (Å²) in [6.07, 6.45) is 1.04. The Morgan fingerprint density at radius 3 is 2.13 bits per heavy atom. The number of benzene rings is 1. The van der Waals surface area contributed by atoms with Crippen molar-refractivity contribution < 1.29 is 0 Å². The van der Waals surface area contributed by atoms with Gasteiger partial charge < -0.3 is 0 Å². The summed E-state index contributed by atoms with van der Waals surface area (Å²) in [5, 5.41) is 13.3. The Balaban J connectivity index is 2.27. The average Bonchev–Trinajstić information content (AvgIpc) is 2.87. The van der Waals surface area contributed by atoms with E-state index in [4.69, 9.17) is 0 Å². The van der Waals surface area contributed by atoms with Crippen LogP contribution >= 0.6 is 0 Å². The second-order valence-corrected chi connectivity index (χ2v) is 5.98. The lowest BCUT2D eigenvalue weighted by molar-refractivity contribution is 0.801. The van der Waals surface area contributed by atoms with Crippen molar-refractivity contribution in [1.82, 2.24) is 20.0 Å². The van der Waals surface area contributed by atoms with Crippen molar-refractivity contribution in [3.63, 3.8) is 0 Å². The molecule has 0 radical (unpaired) electrons. The first-order valence-corrected chi connectivity index (χ1v) is 7.98. The molecule has 0 saturated carbocycles. The second kappa shape index (κ2) is 5.95. The quantitative estimate of drug-likeness (QED) is 0.731. The molecule has 118 valence electrons.